The second-order valence-corrected chi connectivity index (χ2v) is 6.13. The zero-order valence-corrected chi connectivity index (χ0v) is 13.0. The number of benzene rings is 1. The number of hydrogen-bond donors (Lipinski definition) is 1. The van der Waals surface area contributed by atoms with E-state index in [-0.39, 0.29) is 10.6 Å². The molecule has 0 amide bonds. The van der Waals surface area contributed by atoms with Crippen molar-refractivity contribution < 1.29 is 4.92 Å². The third kappa shape index (κ3) is 4.70. The van der Waals surface area contributed by atoms with Gasteiger partial charge in [-0.25, -0.2) is 0 Å². The molecule has 1 aliphatic rings. The van der Waals surface area contributed by atoms with E-state index in [0.717, 1.165) is 18.7 Å². The van der Waals surface area contributed by atoms with Gasteiger partial charge in [0.15, 0.2) is 0 Å². The zero-order valence-electron chi connectivity index (χ0n) is 13.0. The van der Waals surface area contributed by atoms with Gasteiger partial charge in [0.1, 0.15) is 5.69 Å². The Morgan fingerprint density at radius 1 is 1.33 bits per heavy atom. The van der Waals surface area contributed by atoms with Gasteiger partial charge in [0.2, 0.25) is 0 Å². The third-order valence-electron chi connectivity index (χ3n) is 4.01. The number of nitrogens with one attached hydrogen (secondary N) is 1. The molecule has 1 aromatic rings. The summed E-state index contributed by atoms with van der Waals surface area (Å²) < 4.78 is 0. The Morgan fingerprint density at radius 2 is 2.05 bits per heavy atom. The van der Waals surface area contributed by atoms with Crippen LogP contribution in [0, 0.1) is 23.0 Å². The molecule has 21 heavy (non-hydrogen) atoms. The number of aryl methyl sites for hydroxylation is 1. The Hall–Kier alpha value is -1.62. The normalized spacial score (nSPS) is 17.4. The minimum absolute atomic E-state index is 0.158. The van der Waals surface area contributed by atoms with Crippen LogP contribution in [0.5, 0.6) is 0 Å². The van der Waals surface area contributed by atoms with Gasteiger partial charge in [-0.2, -0.15) is 0 Å². The summed E-state index contributed by atoms with van der Waals surface area (Å²) in [5, 5.41) is 14.3. The van der Waals surface area contributed by atoms with Gasteiger partial charge >= 0.3 is 0 Å². The van der Waals surface area contributed by atoms with Crippen LogP contribution in [-0.4, -0.2) is 36.0 Å². The highest BCUT2D eigenvalue weighted by Gasteiger charge is 2.16. The van der Waals surface area contributed by atoms with Crippen molar-refractivity contribution in [1.82, 2.24) is 4.90 Å². The Balaban J connectivity index is 1.89. The van der Waals surface area contributed by atoms with Gasteiger partial charge in [0, 0.05) is 19.2 Å². The first-order valence-corrected chi connectivity index (χ1v) is 7.77. The smallest absolute Gasteiger partial charge is 0.292 e. The molecule has 1 aliphatic heterocycles. The lowest BCUT2D eigenvalue weighted by molar-refractivity contribution is -0.384. The Labute approximate surface area is 126 Å². The van der Waals surface area contributed by atoms with Gasteiger partial charge < -0.3 is 10.2 Å². The summed E-state index contributed by atoms with van der Waals surface area (Å²) in [6.45, 7) is 8.35. The van der Waals surface area contributed by atoms with E-state index in [1.807, 2.05) is 13.0 Å². The maximum atomic E-state index is 11.1. The molecule has 0 aromatic heterocycles. The van der Waals surface area contributed by atoms with E-state index < -0.39 is 0 Å². The van der Waals surface area contributed by atoms with Crippen LogP contribution in [0.25, 0.3) is 0 Å². The molecular formula is C16H25N3O2. The van der Waals surface area contributed by atoms with Crippen molar-refractivity contribution in [1.29, 1.82) is 0 Å². The summed E-state index contributed by atoms with van der Waals surface area (Å²) in [6.07, 6.45) is 3.94. The molecule has 1 aromatic carbocycles. The van der Waals surface area contributed by atoms with Crippen molar-refractivity contribution in [2.75, 3.05) is 31.5 Å². The van der Waals surface area contributed by atoms with Crippen LogP contribution in [0.15, 0.2) is 18.2 Å². The molecule has 1 N–H and O–H groups in total. The van der Waals surface area contributed by atoms with Crippen molar-refractivity contribution in [3.05, 3.63) is 33.9 Å². The molecule has 1 fully saturated rings. The van der Waals surface area contributed by atoms with Gasteiger partial charge in [-0.3, -0.25) is 10.1 Å². The van der Waals surface area contributed by atoms with E-state index in [1.54, 1.807) is 12.1 Å². The average Bonchev–Trinajstić information content (AvgIpc) is 2.46. The zero-order chi connectivity index (χ0) is 15.2. The number of nitrogens with zero attached hydrogens (tertiary/aromatic N) is 2. The highest BCUT2D eigenvalue weighted by atomic mass is 16.6. The number of piperidine rings is 1. The monoisotopic (exact) mass is 291 g/mol. The molecule has 1 heterocycles. The van der Waals surface area contributed by atoms with E-state index in [4.69, 9.17) is 0 Å². The van der Waals surface area contributed by atoms with Crippen molar-refractivity contribution in [2.45, 2.75) is 33.1 Å². The van der Waals surface area contributed by atoms with E-state index in [2.05, 4.69) is 17.1 Å². The number of nitro groups is 1. The summed E-state index contributed by atoms with van der Waals surface area (Å²) in [5.74, 6) is 0.475. The fourth-order valence-corrected chi connectivity index (χ4v) is 2.88. The first-order chi connectivity index (χ1) is 10.1. The number of hydrogen-bond acceptors (Lipinski definition) is 4. The van der Waals surface area contributed by atoms with Gasteiger partial charge in [-0.05, 0) is 50.4 Å². The van der Waals surface area contributed by atoms with Crippen molar-refractivity contribution in [2.24, 2.45) is 5.92 Å². The molecule has 5 heteroatoms. The Morgan fingerprint density at radius 3 is 2.71 bits per heavy atom. The fourth-order valence-electron chi connectivity index (χ4n) is 2.88. The molecule has 5 nitrogen and oxygen atoms in total. The summed E-state index contributed by atoms with van der Waals surface area (Å²) >= 11 is 0. The lowest BCUT2D eigenvalue weighted by Crippen LogP contribution is -2.35. The minimum atomic E-state index is -0.322. The molecular weight excluding hydrogens is 266 g/mol. The van der Waals surface area contributed by atoms with Crippen LogP contribution in [0.4, 0.5) is 11.4 Å². The highest BCUT2D eigenvalue weighted by molar-refractivity contribution is 5.62. The van der Waals surface area contributed by atoms with E-state index in [9.17, 15) is 10.1 Å². The van der Waals surface area contributed by atoms with E-state index in [0.29, 0.717) is 11.6 Å². The molecule has 0 radical (unpaired) electrons. The van der Waals surface area contributed by atoms with Gasteiger partial charge in [-0.15, -0.1) is 0 Å². The maximum absolute atomic E-state index is 11.1. The van der Waals surface area contributed by atoms with Crippen molar-refractivity contribution in [3.8, 4) is 0 Å². The predicted octanol–water partition coefficient (Wildman–Crippen LogP) is 3.44. The Kier molecular flexibility index (Phi) is 5.56. The quantitative estimate of drug-likeness (QED) is 0.644. The predicted molar refractivity (Wildman–Crippen MR) is 85.8 cm³/mol. The van der Waals surface area contributed by atoms with Crippen molar-refractivity contribution >= 4 is 11.4 Å². The van der Waals surface area contributed by atoms with E-state index >= 15 is 0 Å². The van der Waals surface area contributed by atoms with Crippen LogP contribution in [-0.2, 0) is 0 Å². The topological polar surface area (TPSA) is 58.4 Å². The number of rotatable bonds is 6. The van der Waals surface area contributed by atoms with Crippen LogP contribution in [0.2, 0.25) is 0 Å². The summed E-state index contributed by atoms with van der Waals surface area (Å²) in [6, 6.07) is 5.21. The second kappa shape index (κ2) is 7.41. The van der Waals surface area contributed by atoms with Crippen LogP contribution in [0.3, 0.4) is 0 Å². The molecule has 116 valence electrons. The minimum Gasteiger partial charge on any atom is -0.379 e. The number of likely N-dealkylation sites (tertiary alicyclic amines) is 1. The first kappa shape index (κ1) is 15.8. The van der Waals surface area contributed by atoms with Gasteiger partial charge in [0.25, 0.3) is 5.69 Å². The van der Waals surface area contributed by atoms with Crippen LogP contribution in [0.1, 0.15) is 31.7 Å². The molecule has 0 aliphatic carbocycles. The Bertz CT molecular complexity index is 484. The molecule has 1 saturated heterocycles. The van der Waals surface area contributed by atoms with Crippen molar-refractivity contribution in [3.63, 3.8) is 0 Å². The largest absolute Gasteiger partial charge is 0.379 e. The molecule has 0 saturated carbocycles. The van der Waals surface area contributed by atoms with Gasteiger partial charge in [-0.1, -0.05) is 19.4 Å². The molecule has 2 rings (SSSR count). The van der Waals surface area contributed by atoms with E-state index in [1.165, 1.54) is 32.4 Å². The maximum Gasteiger partial charge on any atom is 0.292 e. The molecule has 0 bridgehead atoms. The first-order valence-electron chi connectivity index (χ1n) is 7.77. The lowest BCUT2D eigenvalue weighted by Gasteiger charge is -2.29. The molecule has 1 unspecified atom stereocenters. The SMILES string of the molecule is Cc1ccc([N+](=O)[O-])c(NCC(C)CN2CCCCC2)c1. The average molecular weight is 291 g/mol. The fraction of sp³-hybridized carbons (Fsp3) is 0.625. The summed E-state index contributed by atoms with van der Waals surface area (Å²) in [7, 11) is 0. The van der Waals surface area contributed by atoms with Crippen LogP contribution >= 0.6 is 0 Å². The number of anilines is 1. The second-order valence-electron chi connectivity index (χ2n) is 6.13. The molecule has 1 atom stereocenters. The van der Waals surface area contributed by atoms with Crippen LogP contribution < -0.4 is 5.32 Å². The molecule has 0 spiro atoms. The van der Waals surface area contributed by atoms with Gasteiger partial charge in [0.05, 0.1) is 4.92 Å². The highest BCUT2D eigenvalue weighted by Crippen LogP contribution is 2.25. The summed E-state index contributed by atoms with van der Waals surface area (Å²) in [4.78, 5) is 13.2. The lowest BCUT2D eigenvalue weighted by atomic mass is 10.1. The number of nitro benzene ring substituents is 1. The third-order valence-corrected chi connectivity index (χ3v) is 4.01. The standard InChI is InChI=1S/C16H25N3O2/c1-13-6-7-16(19(20)21)15(10-13)17-11-14(2)12-18-8-4-3-5-9-18/h6-7,10,14,17H,3-5,8-9,11-12H2,1-2H3. The summed E-state index contributed by atoms with van der Waals surface area (Å²) in [5.41, 5.74) is 1.82.